The van der Waals surface area contributed by atoms with Crippen LogP contribution in [-0.4, -0.2) is 25.3 Å². The molecule has 0 aliphatic heterocycles. The van der Waals surface area contributed by atoms with Crippen LogP contribution in [0.3, 0.4) is 0 Å². The highest BCUT2D eigenvalue weighted by molar-refractivity contribution is 5.74. The Bertz CT molecular complexity index is 453. The summed E-state index contributed by atoms with van der Waals surface area (Å²) < 4.78 is 10.5. The van der Waals surface area contributed by atoms with Crippen LogP contribution >= 0.6 is 0 Å². The van der Waals surface area contributed by atoms with Crippen molar-refractivity contribution in [3.63, 3.8) is 0 Å². The van der Waals surface area contributed by atoms with Crippen molar-refractivity contribution >= 4 is 5.97 Å². The van der Waals surface area contributed by atoms with Crippen molar-refractivity contribution < 1.29 is 19.4 Å². The van der Waals surface area contributed by atoms with Crippen molar-refractivity contribution in [2.24, 2.45) is 5.92 Å². The molecule has 0 unspecified atom stereocenters. The van der Waals surface area contributed by atoms with Gasteiger partial charge in [0, 0.05) is 0 Å². The minimum Gasteiger partial charge on any atom is -0.493 e. The SMILES string of the molecule is COc1cc2c(cc1OC)[C@@H](C)[C@H](C(=O)O)C2. The van der Waals surface area contributed by atoms with Gasteiger partial charge in [-0.05, 0) is 35.6 Å². The summed E-state index contributed by atoms with van der Waals surface area (Å²) in [5, 5.41) is 9.15. The number of methoxy groups -OCH3 is 2. The minimum absolute atomic E-state index is 0.0160. The summed E-state index contributed by atoms with van der Waals surface area (Å²) in [6.45, 7) is 1.94. The fourth-order valence-corrected chi connectivity index (χ4v) is 2.47. The molecule has 0 bridgehead atoms. The quantitative estimate of drug-likeness (QED) is 0.872. The lowest BCUT2D eigenvalue weighted by atomic mass is 9.95. The first-order valence-electron chi connectivity index (χ1n) is 5.56. The van der Waals surface area contributed by atoms with E-state index in [1.165, 1.54) is 0 Å². The lowest BCUT2D eigenvalue weighted by molar-refractivity contribution is -0.142. The third-order valence-corrected chi connectivity index (χ3v) is 3.50. The predicted octanol–water partition coefficient (Wildman–Crippen LogP) is 2.06. The molecule has 4 nitrogen and oxygen atoms in total. The second kappa shape index (κ2) is 4.28. The Labute approximate surface area is 100 Å². The summed E-state index contributed by atoms with van der Waals surface area (Å²) in [5.74, 6) is 0.240. The van der Waals surface area contributed by atoms with Crippen molar-refractivity contribution in [2.75, 3.05) is 14.2 Å². The topological polar surface area (TPSA) is 55.8 Å². The fraction of sp³-hybridized carbons (Fsp3) is 0.462. The average Bonchev–Trinajstić information content (AvgIpc) is 2.64. The molecule has 0 amide bonds. The van der Waals surface area contributed by atoms with Crippen LogP contribution in [0.5, 0.6) is 11.5 Å². The van der Waals surface area contributed by atoms with Gasteiger partial charge in [-0.2, -0.15) is 0 Å². The molecule has 0 heterocycles. The van der Waals surface area contributed by atoms with Crippen molar-refractivity contribution in [1.29, 1.82) is 0 Å². The van der Waals surface area contributed by atoms with Crippen LogP contribution in [0.4, 0.5) is 0 Å². The van der Waals surface area contributed by atoms with E-state index in [1.54, 1.807) is 14.2 Å². The smallest absolute Gasteiger partial charge is 0.307 e. The van der Waals surface area contributed by atoms with E-state index in [2.05, 4.69) is 0 Å². The van der Waals surface area contributed by atoms with Gasteiger partial charge in [0.05, 0.1) is 20.1 Å². The minimum atomic E-state index is -0.744. The molecular weight excluding hydrogens is 220 g/mol. The highest BCUT2D eigenvalue weighted by Crippen LogP contribution is 2.43. The van der Waals surface area contributed by atoms with Crippen LogP contribution in [0.2, 0.25) is 0 Å². The summed E-state index contributed by atoms with van der Waals surface area (Å²) >= 11 is 0. The molecule has 1 aromatic rings. The zero-order valence-corrected chi connectivity index (χ0v) is 10.2. The molecule has 2 atom stereocenters. The molecule has 92 valence electrons. The van der Waals surface area contributed by atoms with Gasteiger partial charge in [-0.25, -0.2) is 0 Å². The van der Waals surface area contributed by atoms with Crippen LogP contribution in [0, 0.1) is 5.92 Å². The monoisotopic (exact) mass is 236 g/mol. The first kappa shape index (κ1) is 11.8. The van der Waals surface area contributed by atoms with Gasteiger partial charge in [-0.3, -0.25) is 4.79 Å². The number of rotatable bonds is 3. The molecule has 2 rings (SSSR count). The van der Waals surface area contributed by atoms with E-state index < -0.39 is 5.97 Å². The maximum Gasteiger partial charge on any atom is 0.307 e. The molecular formula is C13H16O4. The van der Waals surface area contributed by atoms with Crippen molar-refractivity contribution in [1.82, 2.24) is 0 Å². The summed E-state index contributed by atoms with van der Waals surface area (Å²) in [4.78, 5) is 11.1. The second-order valence-electron chi connectivity index (χ2n) is 4.34. The van der Waals surface area contributed by atoms with E-state index in [9.17, 15) is 4.79 Å². The lowest BCUT2D eigenvalue weighted by Crippen LogP contribution is -2.16. The van der Waals surface area contributed by atoms with E-state index >= 15 is 0 Å². The molecule has 0 spiro atoms. The number of carboxylic acids is 1. The molecule has 1 N–H and O–H groups in total. The van der Waals surface area contributed by atoms with Crippen LogP contribution in [0.1, 0.15) is 24.0 Å². The molecule has 1 aliphatic carbocycles. The van der Waals surface area contributed by atoms with E-state index in [-0.39, 0.29) is 11.8 Å². The molecule has 1 aromatic carbocycles. The van der Waals surface area contributed by atoms with Gasteiger partial charge in [0.15, 0.2) is 11.5 Å². The summed E-state index contributed by atoms with van der Waals surface area (Å²) in [6.07, 6.45) is 0.562. The highest BCUT2D eigenvalue weighted by Gasteiger charge is 2.35. The van der Waals surface area contributed by atoms with E-state index in [0.717, 1.165) is 11.1 Å². The lowest BCUT2D eigenvalue weighted by Gasteiger charge is -2.12. The Kier molecular flexibility index (Phi) is 2.96. The van der Waals surface area contributed by atoms with Gasteiger partial charge in [-0.1, -0.05) is 6.92 Å². The van der Waals surface area contributed by atoms with Gasteiger partial charge in [0.25, 0.3) is 0 Å². The number of ether oxygens (including phenoxy) is 2. The Balaban J connectivity index is 2.45. The first-order valence-corrected chi connectivity index (χ1v) is 5.56. The maximum absolute atomic E-state index is 11.1. The van der Waals surface area contributed by atoms with Crippen molar-refractivity contribution in [3.8, 4) is 11.5 Å². The molecule has 17 heavy (non-hydrogen) atoms. The number of carboxylic acid groups (broad SMARTS) is 1. The molecule has 1 aliphatic rings. The van der Waals surface area contributed by atoms with Gasteiger partial charge in [-0.15, -0.1) is 0 Å². The number of hydrogen-bond donors (Lipinski definition) is 1. The third kappa shape index (κ3) is 1.84. The van der Waals surface area contributed by atoms with Crippen LogP contribution < -0.4 is 9.47 Å². The Morgan fingerprint density at radius 3 is 2.41 bits per heavy atom. The standard InChI is InChI=1S/C13H16O4/c1-7-9-6-12(17-3)11(16-2)5-8(9)4-10(7)13(14)15/h5-7,10H,4H2,1-3H3,(H,14,15)/t7-,10-/m1/s1. The van der Waals surface area contributed by atoms with Crippen LogP contribution in [-0.2, 0) is 11.2 Å². The predicted molar refractivity (Wildman–Crippen MR) is 62.8 cm³/mol. The molecule has 0 radical (unpaired) electrons. The third-order valence-electron chi connectivity index (χ3n) is 3.50. The van der Waals surface area contributed by atoms with Gasteiger partial charge < -0.3 is 14.6 Å². The number of fused-ring (bicyclic) bond motifs is 1. The number of benzene rings is 1. The second-order valence-corrected chi connectivity index (χ2v) is 4.34. The molecule has 0 saturated carbocycles. The summed E-state index contributed by atoms with van der Waals surface area (Å²) in [6, 6.07) is 3.77. The number of aliphatic carboxylic acids is 1. The van der Waals surface area contributed by atoms with E-state index in [0.29, 0.717) is 17.9 Å². The van der Waals surface area contributed by atoms with Crippen molar-refractivity contribution in [3.05, 3.63) is 23.3 Å². The Morgan fingerprint density at radius 2 is 1.88 bits per heavy atom. The number of hydrogen-bond acceptors (Lipinski definition) is 3. The molecule has 4 heteroatoms. The molecule has 0 aromatic heterocycles. The number of carbonyl (C=O) groups is 1. The van der Waals surface area contributed by atoms with Crippen molar-refractivity contribution in [2.45, 2.75) is 19.3 Å². The maximum atomic E-state index is 11.1. The summed E-state index contributed by atoms with van der Waals surface area (Å²) in [5.41, 5.74) is 2.10. The Morgan fingerprint density at radius 1 is 1.29 bits per heavy atom. The van der Waals surface area contributed by atoms with E-state index in [4.69, 9.17) is 14.6 Å². The zero-order valence-electron chi connectivity index (χ0n) is 10.2. The molecule has 0 fully saturated rings. The first-order chi connectivity index (χ1) is 8.08. The average molecular weight is 236 g/mol. The Hall–Kier alpha value is -1.71. The summed E-state index contributed by atoms with van der Waals surface area (Å²) in [7, 11) is 3.16. The molecule has 0 saturated heterocycles. The van der Waals surface area contributed by atoms with Crippen LogP contribution in [0.15, 0.2) is 12.1 Å². The van der Waals surface area contributed by atoms with Gasteiger partial charge in [0.1, 0.15) is 0 Å². The van der Waals surface area contributed by atoms with Crippen LogP contribution in [0.25, 0.3) is 0 Å². The largest absolute Gasteiger partial charge is 0.493 e. The fourth-order valence-electron chi connectivity index (χ4n) is 2.47. The normalized spacial score (nSPS) is 22.1. The van der Waals surface area contributed by atoms with Gasteiger partial charge >= 0.3 is 5.97 Å². The van der Waals surface area contributed by atoms with Gasteiger partial charge in [0.2, 0.25) is 0 Å². The van der Waals surface area contributed by atoms with E-state index in [1.807, 2.05) is 19.1 Å². The highest BCUT2D eigenvalue weighted by atomic mass is 16.5. The zero-order chi connectivity index (χ0) is 12.6.